The molecule has 4 nitrogen and oxygen atoms in total. The number of pyridine rings is 1. The molecule has 1 rings (SSSR count). The molecule has 0 atom stereocenters. The van der Waals surface area contributed by atoms with E-state index in [4.69, 9.17) is 23.1 Å². The van der Waals surface area contributed by atoms with Gasteiger partial charge in [-0.1, -0.05) is 11.6 Å². The molecule has 0 radical (unpaired) electrons. The number of aliphatic imine (C=N–C) groups is 1. The number of halogens is 4. The molecule has 1 aromatic heterocycles. The van der Waals surface area contributed by atoms with E-state index in [2.05, 4.69) is 9.98 Å². The van der Waals surface area contributed by atoms with Crippen LogP contribution in [0.3, 0.4) is 0 Å². The summed E-state index contributed by atoms with van der Waals surface area (Å²) in [6, 6.07) is 1.72. The third-order valence-corrected chi connectivity index (χ3v) is 2.82. The highest BCUT2D eigenvalue weighted by Gasteiger charge is 2.31. The van der Waals surface area contributed by atoms with Gasteiger partial charge in [-0.05, 0) is 12.1 Å². The Hall–Kier alpha value is -1.15. The van der Waals surface area contributed by atoms with Gasteiger partial charge in [-0.2, -0.15) is 13.2 Å². The van der Waals surface area contributed by atoms with E-state index in [1.807, 2.05) is 0 Å². The van der Waals surface area contributed by atoms with Crippen LogP contribution in [-0.2, 0) is 6.18 Å². The third-order valence-electron chi connectivity index (χ3n) is 1.73. The lowest BCUT2D eigenvalue weighted by molar-refractivity contribution is -0.137. The average molecular weight is 299 g/mol. The molecule has 0 saturated carbocycles. The van der Waals surface area contributed by atoms with Crippen LogP contribution < -0.4 is 11.5 Å². The highest BCUT2D eigenvalue weighted by Crippen LogP contribution is 2.32. The number of guanidine groups is 1. The lowest BCUT2D eigenvalue weighted by atomic mass is 10.3. The Morgan fingerprint density at radius 1 is 1.39 bits per heavy atom. The molecule has 18 heavy (non-hydrogen) atoms. The largest absolute Gasteiger partial charge is 0.416 e. The summed E-state index contributed by atoms with van der Waals surface area (Å²) in [5.41, 5.74) is 9.39. The lowest BCUT2D eigenvalue weighted by Gasteiger charge is -2.08. The van der Waals surface area contributed by atoms with Crippen LogP contribution in [-0.4, -0.2) is 23.2 Å². The molecule has 0 spiro atoms. The van der Waals surface area contributed by atoms with Crippen molar-refractivity contribution in [3.63, 3.8) is 0 Å². The van der Waals surface area contributed by atoms with Crippen LogP contribution >= 0.6 is 23.4 Å². The van der Waals surface area contributed by atoms with Crippen LogP contribution in [0.4, 0.5) is 13.2 Å². The van der Waals surface area contributed by atoms with E-state index in [0.717, 1.165) is 23.9 Å². The quantitative estimate of drug-likeness (QED) is 0.293. The molecular formula is C9H10ClF3N4S. The van der Waals surface area contributed by atoms with Gasteiger partial charge in [0.25, 0.3) is 0 Å². The highest BCUT2D eigenvalue weighted by molar-refractivity contribution is 7.99. The average Bonchev–Trinajstić information content (AvgIpc) is 2.22. The highest BCUT2D eigenvalue weighted by atomic mass is 35.5. The summed E-state index contributed by atoms with van der Waals surface area (Å²) < 4.78 is 37.5. The first kappa shape index (κ1) is 14.9. The zero-order valence-corrected chi connectivity index (χ0v) is 10.6. The fourth-order valence-corrected chi connectivity index (χ4v) is 2.06. The van der Waals surface area contributed by atoms with Crippen molar-refractivity contribution < 1.29 is 13.2 Å². The minimum atomic E-state index is -4.44. The van der Waals surface area contributed by atoms with Crippen molar-refractivity contribution in [1.29, 1.82) is 0 Å². The smallest absolute Gasteiger partial charge is 0.370 e. The molecule has 100 valence electrons. The Morgan fingerprint density at radius 2 is 2.06 bits per heavy atom. The fourth-order valence-electron chi connectivity index (χ4n) is 1.04. The molecule has 0 aliphatic heterocycles. The Kier molecular flexibility index (Phi) is 5.09. The van der Waals surface area contributed by atoms with Crippen molar-refractivity contribution in [2.24, 2.45) is 16.5 Å². The Balaban J connectivity index is 2.72. The number of aromatic nitrogens is 1. The maximum Gasteiger partial charge on any atom is 0.416 e. The number of nitrogens with zero attached hydrogens (tertiary/aromatic N) is 2. The van der Waals surface area contributed by atoms with E-state index in [1.54, 1.807) is 0 Å². The molecule has 0 aliphatic carbocycles. The number of hydrogen-bond acceptors (Lipinski definition) is 3. The first-order chi connectivity index (χ1) is 8.29. The fraction of sp³-hybridized carbons (Fsp3) is 0.333. The van der Waals surface area contributed by atoms with E-state index in [1.165, 1.54) is 0 Å². The van der Waals surface area contributed by atoms with Crippen molar-refractivity contribution in [1.82, 2.24) is 4.98 Å². The lowest BCUT2D eigenvalue weighted by Crippen LogP contribution is -2.23. The number of hydrogen-bond donors (Lipinski definition) is 2. The van der Waals surface area contributed by atoms with Gasteiger partial charge in [0.05, 0.1) is 17.1 Å². The molecule has 0 saturated heterocycles. The maximum atomic E-state index is 12.5. The van der Waals surface area contributed by atoms with Crippen molar-refractivity contribution in [2.75, 3.05) is 12.3 Å². The van der Waals surface area contributed by atoms with Gasteiger partial charge < -0.3 is 11.5 Å². The first-order valence-electron chi connectivity index (χ1n) is 4.72. The second-order valence-electron chi connectivity index (χ2n) is 3.17. The van der Waals surface area contributed by atoms with Crippen molar-refractivity contribution in [3.05, 3.63) is 22.8 Å². The van der Waals surface area contributed by atoms with Gasteiger partial charge in [0.1, 0.15) is 5.15 Å². The zero-order valence-electron chi connectivity index (χ0n) is 9.04. The van der Waals surface area contributed by atoms with E-state index >= 15 is 0 Å². The van der Waals surface area contributed by atoms with Crippen LogP contribution in [0.15, 0.2) is 22.2 Å². The number of alkyl halides is 3. The van der Waals surface area contributed by atoms with Crippen LogP contribution in [0.2, 0.25) is 5.15 Å². The van der Waals surface area contributed by atoms with Crippen LogP contribution in [0.1, 0.15) is 5.56 Å². The predicted molar refractivity (Wildman–Crippen MR) is 65.6 cm³/mol. The predicted octanol–water partition coefficient (Wildman–Crippen LogP) is 2.12. The van der Waals surface area contributed by atoms with E-state index < -0.39 is 11.7 Å². The molecule has 1 heterocycles. The number of thioether (sulfide) groups is 1. The normalized spacial score (nSPS) is 11.3. The molecule has 1 aromatic rings. The molecular weight excluding hydrogens is 289 g/mol. The first-order valence-corrected chi connectivity index (χ1v) is 6.08. The molecule has 0 unspecified atom stereocenters. The van der Waals surface area contributed by atoms with E-state index in [0.29, 0.717) is 12.3 Å². The standard InChI is InChI=1S/C9H10ClF3N4S/c10-6-3-5(9(11,12)13)4-7(17-6)18-2-1-16-8(14)15/h3-4H,1-2H2,(H4,14,15,16). The van der Waals surface area contributed by atoms with Gasteiger partial charge in [-0.3, -0.25) is 4.99 Å². The Labute approximate surface area is 111 Å². The molecule has 0 fully saturated rings. The molecule has 0 aromatic carbocycles. The SMILES string of the molecule is NC(N)=NCCSc1cc(C(F)(F)F)cc(Cl)n1. The molecule has 0 amide bonds. The Bertz CT molecular complexity index is 446. The summed E-state index contributed by atoms with van der Waals surface area (Å²) >= 11 is 6.62. The van der Waals surface area contributed by atoms with Gasteiger partial charge in [0, 0.05) is 5.75 Å². The van der Waals surface area contributed by atoms with Gasteiger partial charge in [0.2, 0.25) is 0 Å². The summed E-state index contributed by atoms with van der Waals surface area (Å²) in [5, 5.41) is -0.0187. The minimum absolute atomic E-state index is 0.0642. The van der Waals surface area contributed by atoms with Crippen molar-refractivity contribution in [3.8, 4) is 0 Å². The second-order valence-corrected chi connectivity index (χ2v) is 4.67. The molecule has 4 N–H and O–H groups in total. The third kappa shape index (κ3) is 5.01. The van der Waals surface area contributed by atoms with Gasteiger partial charge in [-0.15, -0.1) is 11.8 Å². The van der Waals surface area contributed by atoms with E-state index in [9.17, 15) is 13.2 Å². The summed E-state index contributed by atoms with van der Waals surface area (Å²) in [6.45, 7) is 0.294. The second kappa shape index (κ2) is 6.14. The van der Waals surface area contributed by atoms with Crippen LogP contribution in [0, 0.1) is 0 Å². The summed E-state index contributed by atoms with van der Waals surface area (Å²) in [4.78, 5) is 7.48. The topological polar surface area (TPSA) is 77.3 Å². The number of rotatable bonds is 4. The van der Waals surface area contributed by atoms with Crippen molar-refractivity contribution in [2.45, 2.75) is 11.2 Å². The van der Waals surface area contributed by atoms with Gasteiger partial charge in [-0.25, -0.2) is 4.98 Å². The summed E-state index contributed by atoms with van der Waals surface area (Å²) in [7, 11) is 0. The number of nitrogens with two attached hydrogens (primary N) is 2. The van der Waals surface area contributed by atoms with E-state index in [-0.39, 0.29) is 16.1 Å². The summed E-state index contributed by atoms with van der Waals surface area (Å²) in [5.74, 6) is 0.341. The maximum absolute atomic E-state index is 12.5. The van der Waals surface area contributed by atoms with Crippen LogP contribution in [0.5, 0.6) is 0 Å². The molecule has 0 bridgehead atoms. The minimum Gasteiger partial charge on any atom is -0.370 e. The van der Waals surface area contributed by atoms with Crippen molar-refractivity contribution >= 4 is 29.3 Å². The monoisotopic (exact) mass is 298 g/mol. The summed E-state index contributed by atoms with van der Waals surface area (Å²) in [6.07, 6.45) is -4.44. The Morgan fingerprint density at radius 3 is 2.61 bits per heavy atom. The zero-order chi connectivity index (χ0) is 13.8. The van der Waals surface area contributed by atoms with Gasteiger partial charge >= 0.3 is 6.18 Å². The van der Waals surface area contributed by atoms with Gasteiger partial charge in [0.15, 0.2) is 5.96 Å². The van der Waals surface area contributed by atoms with Crippen LogP contribution in [0.25, 0.3) is 0 Å². The molecule has 9 heteroatoms. The molecule has 0 aliphatic rings.